The fraction of sp³-hybridized carbons (Fsp3) is 0.538. The van der Waals surface area contributed by atoms with Crippen LogP contribution >= 0.6 is 0 Å². The Labute approximate surface area is 195 Å². The third-order valence-electron chi connectivity index (χ3n) is 7.56. The van der Waals surface area contributed by atoms with Crippen LogP contribution in [0.3, 0.4) is 0 Å². The maximum absolute atomic E-state index is 14.3. The van der Waals surface area contributed by atoms with Crippen molar-refractivity contribution in [2.75, 3.05) is 40.9 Å². The number of pyridine rings is 1. The first-order valence-corrected chi connectivity index (χ1v) is 12.4. The highest BCUT2D eigenvalue weighted by Gasteiger charge is 2.41. The second-order valence-electron chi connectivity index (χ2n) is 9.61. The van der Waals surface area contributed by atoms with Gasteiger partial charge in [-0.2, -0.15) is 0 Å². The number of hydrogen-bond donors (Lipinski definition) is 1. The summed E-state index contributed by atoms with van der Waals surface area (Å²) in [5, 5.41) is 0. The number of aryl methyl sites for hydroxylation is 1. The van der Waals surface area contributed by atoms with Crippen molar-refractivity contribution in [3.8, 4) is 0 Å². The van der Waals surface area contributed by atoms with E-state index in [0.717, 1.165) is 56.9 Å². The van der Waals surface area contributed by atoms with E-state index in [1.54, 1.807) is 0 Å². The Hall–Kier alpha value is -2.83. The molecule has 0 bridgehead atoms. The summed E-state index contributed by atoms with van der Waals surface area (Å²) in [6, 6.07) is 10.5. The van der Waals surface area contributed by atoms with Crippen molar-refractivity contribution in [1.29, 1.82) is 0 Å². The monoisotopic (exact) mass is 451 g/mol. The molecule has 7 heteroatoms. The number of anilines is 3. The maximum Gasteiger partial charge on any atom is 0.217 e. The summed E-state index contributed by atoms with van der Waals surface area (Å²) in [5.74, 6) is 0.414. The van der Waals surface area contributed by atoms with Crippen molar-refractivity contribution < 1.29 is 9.18 Å². The zero-order valence-electron chi connectivity index (χ0n) is 19.3. The number of primary amides is 1. The Morgan fingerprint density at radius 3 is 2.58 bits per heavy atom. The lowest BCUT2D eigenvalue weighted by Gasteiger charge is -2.42. The Morgan fingerprint density at radius 1 is 0.939 bits per heavy atom. The van der Waals surface area contributed by atoms with Gasteiger partial charge in [0.1, 0.15) is 11.6 Å². The van der Waals surface area contributed by atoms with Crippen LogP contribution in [0, 0.1) is 5.82 Å². The molecule has 3 fully saturated rings. The van der Waals surface area contributed by atoms with E-state index in [9.17, 15) is 9.18 Å². The highest BCUT2D eigenvalue weighted by molar-refractivity contribution is 5.74. The number of aromatic nitrogens is 1. The molecular weight excluding hydrogens is 417 g/mol. The number of hydrogen-bond acceptors (Lipinski definition) is 5. The van der Waals surface area contributed by atoms with Crippen molar-refractivity contribution in [3.05, 3.63) is 47.9 Å². The minimum absolute atomic E-state index is 0.166. The molecular formula is C26H34FN5O. The van der Waals surface area contributed by atoms with Gasteiger partial charge in [-0.3, -0.25) is 4.79 Å². The molecule has 1 amide bonds. The molecule has 1 aromatic carbocycles. The number of carbonyl (C=O) groups excluding carboxylic acids is 1. The second-order valence-corrected chi connectivity index (χ2v) is 9.61. The molecule has 2 N–H and O–H groups in total. The van der Waals surface area contributed by atoms with Gasteiger partial charge < -0.3 is 20.4 Å². The molecule has 1 aromatic heterocycles. The minimum Gasteiger partial charge on any atom is -0.371 e. The second kappa shape index (κ2) is 9.57. The van der Waals surface area contributed by atoms with Crippen LogP contribution in [0.1, 0.15) is 50.5 Å². The molecule has 2 aromatic rings. The lowest BCUT2D eigenvalue weighted by molar-refractivity contribution is -0.117. The van der Waals surface area contributed by atoms with Gasteiger partial charge in [0.15, 0.2) is 0 Å². The average molecular weight is 452 g/mol. The van der Waals surface area contributed by atoms with Gasteiger partial charge >= 0.3 is 0 Å². The fourth-order valence-corrected chi connectivity index (χ4v) is 5.89. The van der Waals surface area contributed by atoms with E-state index in [1.165, 1.54) is 31.0 Å². The molecule has 2 unspecified atom stereocenters. The SMILES string of the molecule is NC(=O)CCc1cc(N2CCCC3C2CCN3c2cc(N3CCCCC3)ccn2)ccc1F. The minimum atomic E-state index is -0.399. The number of fused-ring (bicyclic) bond motifs is 1. The zero-order chi connectivity index (χ0) is 22.8. The lowest BCUT2D eigenvalue weighted by Crippen LogP contribution is -2.50. The summed E-state index contributed by atoms with van der Waals surface area (Å²) in [5.41, 5.74) is 8.18. The molecule has 5 rings (SSSR count). The molecule has 33 heavy (non-hydrogen) atoms. The number of amides is 1. The van der Waals surface area contributed by atoms with E-state index >= 15 is 0 Å². The van der Waals surface area contributed by atoms with Gasteiger partial charge in [-0.15, -0.1) is 0 Å². The number of rotatable bonds is 6. The van der Waals surface area contributed by atoms with Crippen LogP contribution in [0.4, 0.5) is 21.6 Å². The highest BCUT2D eigenvalue weighted by Crippen LogP contribution is 2.37. The number of piperidine rings is 2. The van der Waals surface area contributed by atoms with Gasteiger partial charge in [0.2, 0.25) is 5.91 Å². The molecule has 2 atom stereocenters. The van der Waals surface area contributed by atoms with Crippen LogP contribution in [-0.4, -0.2) is 49.2 Å². The average Bonchev–Trinajstić information content (AvgIpc) is 3.29. The van der Waals surface area contributed by atoms with Gasteiger partial charge in [-0.25, -0.2) is 9.37 Å². The topological polar surface area (TPSA) is 65.7 Å². The van der Waals surface area contributed by atoms with E-state index in [-0.39, 0.29) is 12.2 Å². The van der Waals surface area contributed by atoms with Gasteiger partial charge in [0.05, 0.1) is 12.1 Å². The van der Waals surface area contributed by atoms with Gasteiger partial charge in [-0.1, -0.05) is 0 Å². The lowest BCUT2D eigenvalue weighted by atomic mass is 9.95. The van der Waals surface area contributed by atoms with Crippen LogP contribution in [0.5, 0.6) is 0 Å². The van der Waals surface area contributed by atoms with Crippen molar-refractivity contribution in [3.63, 3.8) is 0 Å². The summed E-state index contributed by atoms with van der Waals surface area (Å²) in [6.07, 6.45) is 9.63. The Morgan fingerprint density at radius 2 is 1.76 bits per heavy atom. The predicted molar refractivity (Wildman–Crippen MR) is 130 cm³/mol. The number of nitrogens with zero attached hydrogens (tertiary/aromatic N) is 4. The van der Waals surface area contributed by atoms with Crippen LogP contribution in [0.25, 0.3) is 0 Å². The van der Waals surface area contributed by atoms with Crippen LogP contribution in [0.2, 0.25) is 0 Å². The summed E-state index contributed by atoms with van der Waals surface area (Å²) >= 11 is 0. The molecule has 3 saturated heterocycles. The van der Waals surface area contributed by atoms with E-state index in [1.807, 2.05) is 18.3 Å². The van der Waals surface area contributed by atoms with Crippen molar-refractivity contribution in [1.82, 2.24) is 4.98 Å². The van der Waals surface area contributed by atoms with Crippen LogP contribution in [-0.2, 0) is 11.2 Å². The summed E-state index contributed by atoms with van der Waals surface area (Å²) < 4.78 is 14.3. The Bertz CT molecular complexity index is 992. The smallest absolute Gasteiger partial charge is 0.217 e. The first-order chi connectivity index (χ1) is 16.1. The molecule has 6 nitrogen and oxygen atoms in total. The summed E-state index contributed by atoms with van der Waals surface area (Å²) in [4.78, 5) is 23.4. The van der Waals surface area contributed by atoms with Gasteiger partial charge in [0.25, 0.3) is 0 Å². The van der Waals surface area contributed by atoms with Gasteiger partial charge in [0, 0.05) is 56.2 Å². The quantitative estimate of drug-likeness (QED) is 0.722. The highest BCUT2D eigenvalue weighted by atomic mass is 19.1. The van der Waals surface area contributed by atoms with Crippen LogP contribution < -0.4 is 20.4 Å². The predicted octanol–water partition coefficient (Wildman–Crippen LogP) is 3.88. The first-order valence-electron chi connectivity index (χ1n) is 12.4. The Kier molecular flexibility index (Phi) is 6.38. The van der Waals surface area contributed by atoms with Crippen molar-refractivity contribution >= 4 is 23.1 Å². The third-order valence-corrected chi connectivity index (χ3v) is 7.56. The van der Waals surface area contributed by atoms with E-state index in [2.05, 4.69) is 26.8 Å². The van der Waals surface area contributed by atoms with E-state index in [0.29, 0.717) is 24.1 Å². The number of benzene rings is 1. The maximum atomic E-state index is 14.3. The molecule has 3 aliphatic rings. The zero-order valence-corrected chi connectivity index (χ0v) is 19.3. The number of halogens is 1. The molecule has 0 aliphatic carbocycles. The molecule has 176 valence electrons. The van der Waals surface area contributed by atoms with Gasteiger partial charge in [-0.05, 0) is 74.8 Å². The normalized spacial score (nSPS) is 23.0. The summed E-state index contributed by atoms with van der Waals surface area (Å²) in [7, 11) is 0. The van der Waals surface area contributed by atoms with Crippen molar-refractivity contribution in [2.45, 2.75) is 63.5 Å². The Balaban J connectivity index is 1.35. The standard InChI is InChI=1S/C26H34FN5O/c27-22-8-7-21(17-19(22)6-9-25(28)33)31-15-4-5-23-24(31)11-16-32(23)26-18-20(10-12-29-26)30-13-2-1-3-14-30/h7-8,10,12,17-18,23-24H,1-6,9,11,13-16H2,(H2,28,33). The molecule has 0 spiro atoms. The largest absolute Gasteiger partial charge is 0.371 e. The third kappa shape index (κ3) is 4.63. The number of nitrogens with two attached hydrogens (primary N) is 1. The number of carbonyl (C=O) groups is 1. The van der Waals surface area contributed by atoms with Crippen molar-refractivity contribution in [2.24, 2.45) is 5.73 Å². The molecule has 3 aliphatic heterocycles. The van der Waals surface area contributed by atoms with E-state index < -0.39 is 5.91 Å². The first kappa shape index (κ1) is 22.0. The summed E-state index contributed by atoms with van der Waals surface area (Å²) in [6.45, 7) is 4.22. The van der Waals surface area contributed by atoms with Crippen LogP contribution in [0.15, 0.2) is 36.5 Å². The molecule has 0 saturated carbocycles. The molecule has 4 heterocycles. The molecule has 0 radical (unpaired) electrons. The van der Waals surface area contributed by atoms with E-state index in [4.69, 9.17) is 10.7 Å². The fourth-order valence-electron chi connectivity index (χ4n) is 5.89.